The van der Waals surface area contributed by atoms with E-state index in [1.165, 1.54) is 62.8 Å². The van der Waals surface area contributed by atoms with Crippen LogP contribution in [-0.2, 0) is 31.9 Å². The van der Waals surface area contributed by atoms with Crippen molar-refractivity contribution in [1.82, 2.24) is 5.32 Å². The third-order valence-electron chi connectivity index (χ3n) is 5.67. The minimum absolute atomic E-state index is 0.00962. The van der Waals surface area contributed by atoms with Gasteiger partial charge in [-0.3, -0.25) is 29.8 Å². The first kappa shape index (κ1) is 33.6. The van der Waals surface area contributed by atoms with Gasteiger partial charge in [-0.15, -0.1) is 0 Å². The van der Waals surface area contributed by atoms with Crippen molar-refractivity contribution >= 4 is 52.4 Å². The minimum atomic E-state index is -1.01. The highest BCUT2D eigenvalue weighted by atomic mass is 35.5. The number of carbonyl (C=O) groups is 3. The van der Waals surface area contributed by atoms with Gasteiger partial charge in [0, 0.05) is 30.7 Å². The smallest absolute Gasteiger partial charge is 0.328 e. The quantitative estimate of drug-likeness (QED) is 0.189. The standard InChI is InChI=1S/C17H14Cl2N2O5.C10H12N2O4/c1-26-17(23)14(9-10-5-7-11(8-6-10)21(24)25)20-16(22)15-12(18)3-2-4-13(15)19;1-16-10(13)9(11)6-7-2-4-8(5-3-7)12(14)15/h2-8,14H,9H2,1H3,(H,20,22);2-5,9H,6,11H2,1H3/t14-;9-/m00/s1. The van der Waals surface area contributed by atoms with E-state index >= 15 is 0 Å². The van der Waals surface area contributed by atoms with Crippen LogP contribution in [0.2, 0.25) is 10.0 Å². The number of benzene rings is 3. The van der Waals surface area contributed by atoms with E-state index in [9.17, 15) is 34.6 Å². The summed E-state index contributed by atoms with van der Waals surface area (Å²) in [6.45, 7) is 0. The third-order valence-corrected chi connectivity index (χ3v) is 6.30. The normalized spacial score (nSPS) is 11.6. The van der Waals surface area contributed by atoms with Gasteiger partial charge in [0.25, 0.3) is 17.3 Å². The van der Waals surface area contributed by atoms with E-state index in [1.54, 1.807) is 18.2 Å². The molecule has 0 saturated heterocycles. The predicted molar refractivity (Wildman–Crippen MR) is 153 cm³/mol. The number of nitro benzene ring substituents is 2. The molecule has 0 aliphatic rings. The van der Waals surface area contributed by atoms with Gasteiger partial charge < -0.3 is 20.5 Å². The molecule has 42 heavy (non-hydrogen) atoms. The van der Waals surface area contributed by atoms with Crippen LogP contribution in [0.1, 0.15) is 21.5 Å². The van der Waals surface area contributed by atoms with Gasteiger partial charge in [-0.2, -0.15) is 0 Å². The lowest BCUT2D eigenvalue weighted by atomic mass is 10.0. The SMILES string of the molecule is COC(=O)[C@@H](N)Cc1ccc([N+](=O)[O-])cc1.COC(=O)[C@H](Cc1ccc([N+](=O)[O-])cc1)NC(=O)c1c(Cl)cccc1Cl. The monoisotopic (exact) mass is 620 g/mol. The highest BCUT2D eigenvalue weighted by Crippen LogP contribution is 2.24. The second-order valence-electron chi connectivity index (χ2n) is 8.53. The van der Waals surface area contributed by atoms with E-state index in [1.807, 2.05) is 0 Å². The fraction of sp³-hybridized carbons (Fsp3) is 0.222. The molecule has 3 aromatic carbocycles. The Balaban J connectivity index is 0.000000330. The van der Waals surface area contributed by atoms with E-state index in [2.05, 4.69) is 10.1 Å². The lowest BCUT2D eigenvalue weighted by molar-refractivity contribution is -0.385. The zero-order chi connectivity index (χ0) is 31.4. The molecule has 222 valence electrons. The van der Waals surface area contributed by atoms with Gasteiger partial charge >= 0.3 is 11.9 Å². The summed E-state index contributed by atoms with van der Waals surface area (Å²) in [4.78, 5) is 55.6. The number of hydrogen-bond acceptors (Lipinski definition) is 10. The number of nitrogens with one attached hydrogen (secondary N) is 1. The molecule has 3 aromatic rings. The molecule has 13 nitrogen and oxygen atoms in total. The fourth-order valence-electron chi connectivity index (χ4n) is 3.51. The number of hydrogen-bond donors (Lipinski definition) is 2. The number of nitrogens with zero attached hydrogens (tertiary/aromatic N) is 2. The largest absolute Gasteiger partial charge is 0.468 e. The summed E-state index contributed by atoms with van der Waals surface area (Å²) in [5.41, 5.74) is 6.90. The molecule has 0 radical (unpaired) electrons. The van der Waals surface area contributed by atoms with Crippen LogP contribution in [0.3, 0.4) is 0 Å². The first-order valence-electron chi connectivity index (χ1n) is 12.0. The maximum Gasteiger partial charge on any atom is 0.328 e. The van der Waals surface area contributed by atoms with Crippen LogP contribution in [0.5, 0.6) is 0 Å². The Morgan fingerprint density at radius 1 is 0.786 bits per heavy atom. The summed E-state index contributed by atoms with van der Waals surface area (Å²) in [7, 11) is 2.46. The third kappa shape index (κ3) is 9.80. The van der Waals surface area contributed by atoms with Crippen LogP contribution in [0, 0.1) is 20.2 Å². The maximum absolute atomic E-state index is 12.5. The number of halogens is 2. The van der Waals surface area contributed by atoms with E-state index in [-0.39, 0.29) is 33.4 Å². The van der Waals surface area contributed by atoms with E-state index in [0.717, 1.165) is 5.56 Å². The molecule has 0 aromatic heterocycles. The van der Waals surface area contributed by atoms with Gasteiger partial charge in [-0.1, -0.05) is 53.5 Å². The highest BCUT2D eigenvalue weighted by Gasteiger charge is 2.25. The number of ether oxygens (including phenoxy) is 2. The zero-order valence-corrected chi connectivity index (χ0v) is 23.8. The number of amides is 1. The summed E-state index contributed by atoms with van der Waals surface area (Å²) < 4.78 is 9.19. The summed E-state index contributed by atoms with van der Waals surface area (Å²) in [5, 5.41) is 23.9. The van der Waals surface area contributed by atoms with Crippen LogP contribution >= 0.6 is 23.2 Å². The van der Waals surface area contributed by atoms with E-state index < -0.39 is 39.8 Å². The van der Waals surface area contributed by atoms with Crippen molar-refractivity contribution in [3.05, 3.63) is 114 Å². The topological polar surface area (TPSA) is 194 Å². The number of nitro groups is 2. The van der Waals surface area contributed by atoms with E-state index in [4.69, 9.17) is 33.7 Å². The molecule has 15 heteroatoms. The molecule has 0 fully saturated rings. The Morgan fingerprint density at radius 3 is 1.62 bits per heavy atom. The second kappa shape index (κ2) is 16.0. The number of esters is 2. The zero-order valence-electron chi connectivity index (χ0n) is 22.3. The van der Waals surface area contributed by atoms with Crippen molar-refractivity contribution in [2.45, 2.75) is 24.9 Å². The van der Waals surface area contributed by atoms with E-state index in [0.29, 0.717) is 12.0 Å². The van der Waals surface area contributed by atoms with Crippen LogP contribution in [-0.4, -0.2) is 54.0 Å². The van der Waals surface area contributed by atoms with Gasteiger partial charge in [0.1, 0.15) is 12.1 Å². The molecule has 0 bridgehead atoms. The molecule has 0 aliphatic heterocycles. The minimum Gasteiger partial charge on any atom is -0.468 e. The molecule has 0 saturated carbocycles. The molecule has 0 spiro atoms. The number of nitrogens with two attached hydrogens (primary N) is 1. The predicted octanol–water partition coefficient (Wildman–Crippen LogP) is 4.05. The molecule has 3 N–H and O–H groups in total. The molecule has 2 atom stereocenters. The van der Waals surface area contributed by atoms with Gasteiger partial charge in [0.2, 0.25) is 0 Å². The van der Waals surface area contributed by atoms with Crippen LogP contribution in [0.4, 0.5) is 11.4 Å². The van der Waals surface area contributed by atoms with Crippen molar-refractivity contribution in [3.8, 4) is 0 Å². The molecule has 3 rings (SSSR count). The fourth-order valence-corrected chi connectivity index (χ4v) is 4.08. The van der Waals surface area contributed by atoms with Crippen molar-refractivity contribution in [1.29, 1.82) is 0 Å². The van der Waals surface area contributed by atoms with Crippen molar-refractivity contribution in [2.75, 3.05) is 14.2 Å². The lowest BCUT2D eigenvalue weighted by Gasteiger charge is -2.17. The number of methoxy groups -OCH3 is 2. The molecular formula is C27H26Cl2N4O9. The van der Waals surface area contributed by atoms with Crippen LogP contribution in [0.15, 0.2) is 66.7 Å². The molecule has 1 amide bonds. The van der Waals surface area contributed by atoms with Gasteiger partial charge in [-0.05, 0) is 29.7 Å². The van der Waals surface area contributed by atoms with Gasteiger partial charge in [0.05, 0.1) is 39.7 Å². The second-order valence-corrected chi connectivity index (χ2v) is 9.35. The summed E-state index contributed by atoms with van der Waals surface area (Å²) in [6, 6.07) is 14.4. The number of non-ortho nitro benzene ring substituents is 2. The van der Waals surface area contributed by atoms with Crippen molar-refractivity contribution in [3.63, 3.8) is 0 Å². The number of rotatable bonds is 10. The highest BCUT2D eigenvalue weighted by molar-refractivity contribution is 6.39. The Hall–Kier alpha value is -4.59. The summed E-state index contributed by atoms with van der Waals surface area (Å²) in [5.74, 6) is -1.80. The molecule has 0 heterocycles. The summed E-state index contributed by atoms with van der Waals surface area (Å²) in [6.07, 6.45) is 0.378. The van der Waals surface area contributed by atoms with Gasteiger partial charge in [-0.25, -0.2) is 4.79 Å². The molecule has 0 aliphatic carbocycles. The number of carbonyl (C=O) groups excluding carboxylic acids is 3. The van der Waals surface area contributed by atoms with Crippen molar-refractivity contribution in [2.24, 2.45) is 5.73 Å². The van der Waals surface area contributed by atoms with Crippen molar-refractivity contribution < 1.29 is 33.7 Å². The Kier molecular flexibility index (Phi) is 12.8. The average molecular weight is 621 g/mol. The summed E-state index contributed by atoms with van der Waals surface area (Å²) >= 11 is 12.0. The average Bonchev–Trinajstić information content (AvgIpc) is 2.96. The molecule has 0 unspecified atom stereocenters. The maximum atomic E-state index is 12.5. The Labute approximate surface area is 249 Å². The first-order chi connectivity index (χ1) is 19.9. The van der Waals surface area contributed by atoms with Gasteiger partial charge in [0.15, 0.2) is 0 Å². The molecular weight excluding hydrogens is 595 g/mol. The van der Waals surface area contributed by atoms with Crippen LogP contribution in [0.25, 0.3) is 0 Å². The Morgan fingerprint density at radius 2 is 1.21 bits per heavy atom. The lowest BCUT2D eigenvalue weighted by Crippen LogP contribution is -2.43. The first-order valence-corrected chi connectivity index (χ1v) is 12.8. The van der Waals surface area contributed by atoms with Crippen LogP contribution < -0.4 is 11.1 Å². The Bertz CT molecular complexity index is 1410.